The molecule has 1 atom stereocenters. The number of benzene rings is 1. The molecule has 94 valence electrons. The third-order valence-corrected chi connectivity index (χ3v) is 4.06. The summed E-state index contributed by atoms with van der Waals surface area (Å²) in [5.74, 6) is 2.97. The predicted octanol–water partition coefficient (Wildman–Crippen LogP) is 2.67. The Morgan fingerprint density at radius 2 is 2.35 bits per heavy atom. The molecule has 1 aromatic rings. The second kappa shape index (κ2) is 6.31. The first-order chi connectivity index (χ1) is 8.29. The van der Waals surface area contributed by atoms with Crippen LogP contribution in [-0.2, 0) is 12.8 Å². The quantitative estimate of drug-likeness (QED) is 0.844. The van der Waals surface area contributed by atoms with Gasteiger partial charge in [0.1, 0.15) is 5.75 Å². The van der Waals surface area contributed by atoms with E-state index in [1.54, 1.807) is 11.8 Å². The Morgan fingerprint density at radius 1 is 1.47 bits per heavy atom. The molecule has 1 aliphatic rings. The molecule has 0 saturated heterocycles. The van der Waals surface area contributed by atoms with Crippen molar-refractivity contribution >= 4 is 11.8 Å². The minimum Gasteiger partial charge on any atom is -0.493 e. The van der Waals surface area contributed by atoms with Crippen LogP contribution in [0.25, 0.3) is 0 Å². The lowest BCUT2D eigenvalue weighted by atomic mass is 10.0. The molecule has 1 unspecified atom stereocenters. The van der Waals surface area contributed by atoms with Crippen LogP contribution >= 0.6 is 11.8 Å². The van der Waals surface area contributed by atoms with Crippen LogP contribution in [-0.4, -0.2) is 29.3 Å². The zero-order valence-corrected chi connectivity index (χ0v) is 11.1. The van der Waals surface area contributed by atoms with Crippen LogP contribution in [0.5, 0.6) is 5.75 Å². The average molecular weight is 252 g/mol. The van der Waals surface area contributed by atoms with E-state index >= 15 is 0 Å². The maximum Gasteiger partial charge on any atom is 0.122 e. The summed E-state index contributed by atoms with van der Waals surface area (Å²) in [7, 11) is 0. The first-order valence-corrected chi connectivity index (χ1v) is 7.45. The van der Waals surface area contributed by atoms with E-state index in [0.29, 0.717) is 0 Å². The summed E-state index contributed by atoms with van der Waals surface area (Å²) < 4.78 is 5.48. The molecule has 0 spiro atoms. The van der Waals surface area contributed by atoms with Crippen molar-refractivity contribution in [2.24, 2.45) is 0 Å². The molecule has 17 heavy (non-hydrogen) atoms. The number of rotatable bonds is 6. The van der Waals surface area contributed by atoms with Crippen molar-refractivity contribution in [3.8, 4) is 5.75 Å². The van der Waals surface area contributed by atoms with Crippen LogP contribution in [0.3, 0.4) is 0 Å². The van der Waals surface area contributed by atoms with Gasteiger partial charge in [0.15, 0.2) is 0 Å². The smallest absolute Gasteiger partial charge is 0.122 e. The molecular weight excluding hydrogens is 232 g/mol. The van der Waals surface area contributed by atoms with Gasteiger partial charge in [-0.3, -0.25) is 0 Å². The number of aliphatic hydroxyl groups is 1. The van der Waals surface area contributed by atoms with E-state index in [0.717, 1.165) is 43.1 Å². The van der Waals surface area contributed by atoms with E-state index in [4.69, 9.17) is 4.74 Å². The van der Waals surface area contributed by atoms with Gasteiger partial charge in [-0.25, -0.2) is 0 Å². The molecule has 1 aliphatic heterocycles. The van der Waals surface area contributed by atoms with Gasteiger partial charge >= 0.3 is 0 Å². The van der Waals surface area contributed by atoms with Crippen molar-refractivity contribution in [2.75, 3.05) is 18.1 Å². The van der Waals surface area contributed by atoms with Crippen molar-refractivity contribution < 1.29 is 9.84 Å². The summed E-state index contributed by atoms with van der Waals surface area (Å²) in [5, 5.41) is 9.79. The van der Waals surface area contributed by atoms with Crippen molar-refractivity contribution in [2.45, 2.75) is 32.3 Å². The molecule has 0 amide bonds. The second-order valence-electron chi connectivity index (χ2n) is 4.39. The first kappa shape index (κ1) is 12.8. The average Bonchev–Trinajstić information content (AvgIpc) is 2.81. The highest BCUT2D eigenvalue weighted by Gasteiger charge is 2.12. The van der Waals surface area contributed by atoms with Gasteiger partial charge in [-0.05, 0) is 35.8 Å². The van der Waals surface area contributed by atoms with Gasteiger partial charge in [0, 0.05) is 12.2 Å². The highest BCUT2D eigenvalue weighted by Crippen LogP contribution is 2.26. The highest BCUT2D eigenvalue weighted by molar-refractivity contribution is 7.99. The van der Waals surface area contributed by atoms with Gasteiger partial charge in [-0.1, -0.05) is 19.1 Å². The van der Waals surface area contributed by atoms with E-state index in [1.165, 1.54) is 11.1 Å². The van der Waals surface area contributed by atoms with E-state index in [2.05, 4.69) is 25.1 Å². The van der Waals surface area contributed by atoms with E-state index in [-0.39, 0.29) is 6.10 Å². The van der Waals surface area contributed by atoms with Crippen molar-refractivity contribution in [3.05, 3.63) is 29.3 Å². The summed E-state index contributed by atoms with van der Waals surface area (Å²) in [6, 6.07) is 6.40. The first-order valence-electron chi connectivity index (χ1n) is 6.30. The molecule has 1 aromatic carbocycles. The second-order valence-corrected chi connectivity index (χ2v) is 5.71. The molecular formula is C14H20O2S. The Labute approximate surface area is 107 Å². The number of ether oxygens (including phenoxy) is 1. The molecule has 0 saturated carbocycles. The topological polar surface area (TPSA) is 29.5 Å². The largest absolute Gasteiger partial charge is 0.493 e. The van der Waals surface area contributed by atoms with E-state index in [9.17, 15) is 5.11 Å². The van der Waals surface area contributed by atoms with Gasteiger partial charge in [-0.2, -0.15) is 11.8 Å². The number of thioether (sulfide) groups is 1. The fraction of sp³-hybridized carbons (Fsp3) is 0.571. The van der Waals surface area contributed by atoms with Crippen LogP contribution in [0, 0.1) is 0 Å². The molecule has 1 heterocycles. The Hall–Kier alpha value is -0.670. The third kappa shape index (κ3) is 3.65. The Balaban J connectivity index is 1.83. The predicted molar refractivity (Wildman–Crippen MR) is 73.0 cm³/mol. The molecule has 0 bridgehead atoms. The normalized spacial score (nSPS) is 15.4. The summed E-state index contributed by atoms with van der Waals surface area (Å²) in [5.41, 5.74) is 2.63. The fourth-order valence-electron chi connectivity index (χ4n) is 2.07. The molecule has 3 heteroatoms. The summed E-state index contributed by atoms with van der Waals surface area (Å²) in [6.45, 7) is 2.94. The van der Waals surface area contributed by atoms with Gasteiger partial charge in [0.05, 0.1) is 12.7 Å². The monoisotopic (exact) mass is 252 g/mol. The lowest BCUT2D eigenvalue weighted by Crippen LogP contribution is -2.11. The lowest BCUT2D eigenvalue weighted by Gasteiger charge is -2.10. The zero-order valence-electron chi connectivity index (χ0n) is 10.3. The minimum atomic E-state index is -0.176. The summed E-state index contributed by atoms with van der Waals surface area (Å²) >= 11 is 1.80. The van der Waals surface area contributed by atoms with Gasteiger partial charge in [0.25, 0.3) is 0 Å². The molecule has 0 fully saturated rings. The number of aryl methyl sites for hydroxylation is 1. The van der Waals surface area contributed by atoms with Crippen LogP contribution in [0.15, 0.2) is 18.2 Å². The molecule has 0 radical (unpaired) electrons. The van der Waals surface area contributed by atoms with Gasteiger partial charge in [0.2, 0.25) is 0 Å². The van der Waals surface area contributed by atoms with Crippen LogP contribution in [0.1, 0.15) is 24.5 Å². The van der Waals surface area contributed by atoms with Gasteiger partial charge < -0.3 is 9.84 Å². The van der Waals surface area contributed by atoms with Crippen LogP contribution in [0.2, 0.25) is 0 Å². The maximum atomic E-state index is 9.79. The standard InChI is InChI=1S/C14H20O2S/c1-2-17-10-13(15)5-3-11-4-6-14-12(9-11)7-8-16-14/h4,6,9,13,15H,2-3,5,7-8,10H2,1H3. The van der Waals surface area contributed by atoms with Crippen molar-refractivity contribution in [1.82, 2.24) is 0 Å². The van der Waals surface area contributed by atoms with Gasteiger partial charge in [-0.15, -0.1) is 0 Å². The highest BCUT2D eigenvalue weighted by atomic mass is 32.2. The van der Waals surface area contributed by atoms with Crippen molar-refractivity contribution in [3.63, 3.8) is 0 Å². The summed E-state index contributed by atoms with van der Waals surface area (Å²) in [6.07, 6.45) is 2.66. The maximum absolute atomic E-state index is 9.79. The Kier molecular flexibility index (Phi) is 4.75. The lowest BCUT2D eigenvalue weighted by molar-refractivity contribution is 0.189. The number of aliphatic hydroxyl groups excluding tert-OH is 1. The van der Waals surface area contributed by atoms with Crippen molar-refractivity contribution in [1.29, 1.82) is 0 Å². The van der Waals surface area contributed by atoms with Crippen LogP contribution < -0.4 is 4.74 Å². The summed E-state index contributed by atoms with van der Waals surface area (Å²) in [4.78, 5) is 0. The third-order valence-electron chi connectivity index (χ3n) is 3.03. The molecule has 1 N–H and O–H groups in total. The number of hydrogen-bond donors (Lipinski definition) is 1. The zero-order chi connectivity index (χ0) is 12.1. The number of fused-ring (bicyclic) bond motifs is 1. The SMILES string of the molecule is CCSCC(O)CCc1ccc2c(c1)CCO2. The molecule has 0 aromatic heterocycles. The number of hydrogen-bond acceptors (Lipinski definition) is 3. The molecule has 2 nitrogen and oxygen atoms in total. The Morgan fingerprint density at radius 3 is 3.18 bits per heavy atom. The Bertz CT molecular complexity index is 365. The molecule has 0 aliphatic carbocycles. The van der Waals surface area contributed by atoms with Crippen LogP contribution in [0.4, 0.5) is 0 Å². The minimum absolute atomic E-state index is 0.176. The molecule has 2 rings (SSSR count). The van der Waals surface area contributed by atoms with E-state index in [1.807, 2.05) is 0 Å². The van der Waals surface area contributed by atoms with E-state index < -0.39 is 0 Å². The fourth-order valence-corrected chi connectivity index (χ4v) is 2.74.